The second kappa shape index (κ2) is 4.87. The van der Waals surface area contributed by atoms with Gasteiger partial charge in [-0.2, -0.15) is 5.10 Å². The Hall–Kier alpha value is -1.03. The monoisotopic (exact) mass is 255 g/mol. The number of hydrogen-bond acceptors (Lipinski definition) is 2. The van der Waals surface area contributed by atoms with Crippen LogP contribution in [0.1, 0.15) is 11.3 Å². The molecule has 84 valence electrons. The van der Waals surface area contributed by atoms with Crippen LogP contribution in [0.25, 0.3) is 0 Å². The summed E-state index contributed by atoms with van der Waals surface area (Å²) in [5.41, 5.74) is 7.50. The van der Waals surface area contributed by atoms with Gasteiger partial charge in [0.1, 0.15) is 0 Å². The van der Waals surface area contributed by atoms with Gasteiger partial charge in [0.25, 0.3) is 0 Å². The fraction of sp³-hybridized carbons (Fsp3) is 0.182. The molecule has 0 aliphatic heterocycles. The van der Waals surface area contributed by atoms with Crippen LogP contribution < -0.4 is 5.73 Å². The van der Waals surface area contributed by atoms with Crippen molar-refractivity contribution in [1.29, 1.82) is 0 Å². The molecule has 2 rings (SSSR count). The second-order valence-electron chi connectivity index (χ2n) is 3.40. The smallest absolute Gasteiger partial charge is 0.0678 e. The third kappa shape index (κ3) is 2.21. The van der Waals surface area contributed by atoms with Crippen molar-refractivity contribution in [1.82, 2.24) is 9.78 Å². The van der Waals surface area contributed by atoms with E-state index in [1.54, 1.807) is 12.3 Å². The average molecular weight is 256 g/mol. The molecule has 0 radical (unpaired) electrons. The molecule has 0 amide bonds. The molecule has 0 aliphatic carbocycles. The Labute approximate surface area is 104 Å². The summed E-state index contributed by atoms with van der Waals surface area (Å²) < 4.78 is 1.82. The third-order valence-corrected chi connectivity index (χ3v) is 3.22. The summed E-state index contributed by atoms with van der Waals surface area (Å²) in [6, 6.07) is 7.45. The van der Waals surface area contributed by atoms with Crippen LogP contribution in [0.5, 0.6) is 0 Å². The van der Waals surface area contributed by atoms with Gasteiger partial charge in [0.2, 0.25) is 0 Å². The van der Waals surface area contributed by atoms with Gasteiger partial charge in [-0.25, -0.2) is 0 Å². The maximum Gasteiger partial charge on any atom is 0.0678 e. The molecule has 0 fully saturated rings. The van der Waals surface area contributed by atoms with E-state index in [-0.39, 0.29) is 0 Å². The van der Waals surface area contributed by atoms with Crippen LogP contribution in [0.2, 0.25) is 10.0 Å². The van der Waals surface area contributed by atoms with Gasteiger partial charge in [0.15, 0.2) is 0 Å². The van der Waals surface area contributed by atoms with Crippen molar-refractivity contribution in [3.8, 4) is 0 Å². The maximum atomic E-state index is 6.10. The van der Waals surface area contributed by atoms with Crippen LogP contribution in [0.3, 0.4) is 0 Å². The highest BCUT2D eigenvalue weighted by Crippen LogP contribution is 2.26. The van der Waals surface area contributed by atoms with Crippen molar-refractivity contribution in [3.63, 3.8) is 0 Å². The molecule has 16 heavy (non-hydrogen) atoms. The topological polar surface area (TPSA) is 43.8 Å². The number of hydrogen-bond donors (Lipinski definition) is 1. The van der Waals surface area contributed by atoms with Crippen LogP contribution in [0.4, 0.5) is 0 Å². The van der Waals surface area contributed by atoms with Gasteiger partial charge in [0.05, 0.1) is 22.3 Å². The van der Waals surface area contributed by atoms with Gasteiger partial charge in [-0.1, -0.05) is 35.3 Å². The van der Waals surface area contributed by atoms with Crippen LogP contribution in [0, 0.1) is 0 Å². The summed E-state index contributed by atoms with van der Waals surface area (Å²) in [6.07, 6.45) is 1.72. The quantitative estimate of drug-likeness (QED) is 0.917. The summed E-state index contributed by atoms with van der Waals surface area (Å²) in [6.45, 7) is 1.04. The number of halogens is 2. The normalized spacial score (nSPS) is 10.7. The van der Waals surface area contributed by atoms with Gasteiger partial charge >= 0.3 is 0 Å². The Morgan fingerprint density at radius 1 is 1.25 bits per heavy atom. The van der Waals surface area contributed by atoms with E-state index < -0.39 is 0 Å². The van der Waals surface area contributed by atoms with E-state index in [4.69, 9.17) is 28.9 Å². The minimum Gasteiger partial charge on any atom is -0.325 e. The minimum atomic E-state index is 0.457. The molecule has 2 aromatic rings. The Balaban J connectivity index is 2.30. The van der Waals surface area contributed by atoms with Crippen molar-refractivity contribution < 1.29 is 0 Å². The molecule has 5 heteroatoms. The zero-order valence-corrected chi connectivity index (χ0v) is 10.0. The van der Waals surface area contributed by atoms with Crippen molar-refractivity contribution in [3.05, 3.63) is 51.8 Å². The zero-order chi connectivity index (χ0) is 11.5. The largest absolute Gasteiger partial charge is 0.325 e. The highest BCUT2D eigenvalue weighted by Gasteiger charge is 2.07. The first-order chi connectivity index (χ1) is 7.72. The summed E-state index contributed by atoms with van der Waals surface area (Å²) in [5, 5.41) is 5.32. The molecule has 0 saturated heterocycles. The highest BCUT2D eigenvalue weighted by molar-refractivity contribution is 6.42. The van der Waals surface area contributed by atoms with E-state index >= 15 is 0 Å². The van der Waals surface area contributed by atoms with Gasteiger partial charge < -0.3 is 5.73 Å². The first-order valence-electron chi connectivity index (χ1n) is 4.86. The molecule has 0 aliphatic rings. The number of benzene rings is 1. The minimum absolute atomic E-state index is 0.457. The van der Waals surface area contributed by atoms with E-state index in [2.05, 4.69) is 5.10 Å². The number of nitrogens with two attached hydrogens (primary N) is 1. The van der Waals surface area contributed by atoms with Crippen molar-refractivity contribution >= 4 is 23.2 Å². The predicted octanol–water partition coefficient (Wildman–Crippen LogP) is 2.70. The van der Waals surface area contributed by atoms with Crippen LogP contribution in [-0.4, -0.2) is 9.78 Å². The fourth-order valence-electron chi connectivity index (χ4n) is 1.51. The molecule has 1 aromatic heterocycles. The molecular weight excluding hydrogens is 245 g/mol. The van der Waals surface area contributed by atoms with Gasteiger partial charge in [-0.3, -0.25) is 4.68 Å². The summed E-state index contributed by atoms with van der Waals surface area (Å²) >= 11 is 12.0. The molecule has 0 atom stereocenters. The first-order valence-corrected chi connectivity index (χ1v) is 5.61. The molecule has 2 N–H and O–H groups in total. The highest BCUT2D eigenvalue weighted by atomic mass is 35.5. The molecule has 1 aromatic carbocycles. The van der Waals surface area contributed by atoms with Crippen molar-refractivity contribution in [2.24, 2.45) is 5.73 Å². The Bertz CT molecular complexity index is 494. The molecular formula is C11H11Cl2N3. The van der Waals surface area contributed by atoms with Gasteiger partial charge in [-0.15, -0.1) is 0 Å². The lowest BCUT2D eigenvalue weighted by atomic mass is 10.2. The van der Waals surface area contributed by atoms with E-state index in [1.807, 2.05) is 22.9 Å². The number of nitrogens with zero attached hydrogens (tertiary/aromatic N) is 2. The standard InChI is InChI=1S/C11H11Cl2N3/c12-10-3-1-2-8(11(10)13)7-16-9(6-14)4-5-15-16/h1-5H,6-7,14H2. The van der Waals surface area contributed by atoms with E-state index in [1.165, 1.54) is 0 Å². The van der Waals surface area contributed by atoms with E-state index in [0.29, 0.717) is 23.1 Å². The predicted molar refractivity (Wildman–Crippen MR) is 65.7 cm³/mol. The van der Waals surface area contributed by atoms with Gasteiger partial charge in [-0.05, 0) is 17.7 Å². The molecule has 3 nitrogen and oxygen atoms in total. The van der Waals surface area contributed by atoms with Crippen LogP contribution in [0.15, 0.2) is 30.5 Å². The van der Waals surface area contributed by atoms with Crippen LogP contribution >= 0.6 is 23.2 Å². The Morgan fingerprint density at radius 2 is 2.06 bits per heavy atom. The first kappa shape index (κ1) is 11.5. The second-order valence-corrected chi connectivity index (χ2v) is 4.18. The molecule has 0 saturated carbocycles. The molecule has 1 heterocycles. The fourth-order valence-corrected chi connectivity index (χ4v) is 1.89. The molecule has 0 bridgehead atoms. The van der Waals surface area contributed by atoms with Crippen LogP contribution in [-0.2, 0) is 13.1 Å². The number of aromatic nitrogens is 2. The lowest BCUT2D eigenvalue weighted by molar-refractivity contribution is 0.646. The van der Waals surface area contributed by atoms with E-state index in [9.17, 15) is 0 Å². The van der Waals surface area contributed by atoms with Crippen molar-refractivity contribution in [2.45, 2.75) is 13.1 Å². The van der Waals surface area contributed by atoms with E-state index in [0.717, 1.165) is 11.3 Å². The lowest BCUT2D eigenvalue weighted by Crippen LogP contribution is -2.10. The summed E-state index contributed by atoms with van der Waals surface area (Å²) in [4.78, 5) is 0. The molecule has 0 spiro atoms. The lowest BCUT2D eigenvalue weighted by Gasteiger charge is -2.08. The zero-order valence-electron chi connectivity index (χ0n) is 8.53. The Kier molecular flexibility index (Phi) is 3.49. The summed E-state index contributed by atoms with van der Waals surface area (Å²) in [5.74, 6) is 0. The van der Waals surface area contributed by atoms with Crippen molar-refractivity contribution in [2.75, 3.05) is 0 Å². The summed E-state index contributed by atoms with van der Waals surface area (Å²) in [7, 11) is 0. The Morgan fingerprint density at radius 3 is 2.81 bits per heavy atom. The average Bonchev–Trinajstić information content (AvgIpc) is 2.72. The SMILES string of the molecule is NCc1ccnn1Cc1cccc(Cl)c1Cl. The molecule has 0 unspecified atom stereocenters. The van der Waals surface area contributed by atoms with Gasteiger partial charge in [0, 0.05) is 12.7 Å². The third-order valence-electron chi connectivity index (χ3n) is 2.37. The number of rotatable bonds is 3. The maximum absolute atomic E-state index is 6.10.